The molecule has 2 aromatic carbocycles. The SMILES string of the molecule is Cc1cccc(-c2nc3cccc(C)c3n2C)c1N. The lowest BCUT2D eigenvalue weighted by Crippen LogP contribution is -1.99. The number of fused-ring (bicyclic) bond motifs is 1. The Morgan fingerprint density at radius 1 is 1.00 bits per heavy atom. The normalized spacial score (nSPS) is 11.1. The second-order valence-electron chi connectivity index (χ2n) is 4.97. The summed E-state index contributed by atoms with van der Waals surface area (Å²) in [5.74, 6) is 0.922. The fourth-order valence-electron chi connectivity index (χ4n) is 2.58. The first-order valence-electron chi connectivity index (χ1n) is 6.37. The zero-order valence-electron chi connectivity index (χ0n) is 11.4. The third-order valence-electron chi connectivity index (χ3n) is 3.66. The molecule has 0 fully saturated rings. The van der Waals surface area contributed by atoms with E-state index in [1.165, 1.54) is 11.1 Å². The Hall–Kier alpha value is -2.29. The fraction of sp³-hybridized carbons (Fsp3) is 0.188. The summed E-state index contributed by atoms with van der Waals surface area (Å²) < 4.78 is 2.12. The van der Waals surface area contributed by atoms with Crippen molar-refractivity contribution in [3.05, 3.63) is 47.5 Å². The Morgan fingerprint density at radius 3 is 2.42 bits per heavy atom. The molecule has 0 atom stereocenters. The molecule has 0 spiro atoms. The lowest BCUT2D eigenvalue weighted by atomic mass is 10.1. The van der Waals surface area contributed by atoms with Crippen molar-refractivity contribution in [3.8, 4) is 11.4 Å². The highest BCUT2D eigenvalue weighted by Crippen LogP contribution is 2.30. The molecule has 0 radical (unpaired) electrons. The van der Waals surface area contributed by atoms with Gasteiger partial charge in [-0.25, -0.2) is 4.98 Å². The Kier molecular flexibility index (Phi) is 2.56. The van der Waals surface area contributed by atoms with Crippen LogP contribution in [0.1, 0.15) is 11.1 Å². The van der Waals surface area contributed by atoms with E-state index in [2.05, 4.69) is 17.6 Å². The third kappa shape index (κ3) is 1.70. The molecule has 3 rings (SSSR count). The van der Waals surface area contributed by atoms with Crippen LogP contribution in [0.2, 0.25) is 0 Å². The van der Waals surface area contributed by atoms with Gasteiger partial charge in [-0.1, -0.05) is 24.3 Å². The summed E-state index contributed by atoms with van der Waals surface area (Å²) in [5.41, 5.74) is 12.5. The number of aryl methyl sites for hydroxylation is 3. The first-order chi connectivity index (χ1) is 9.09. The number of anilines is 1. The molecule has 0 amide bonds. The molecule has 0 bridgehead atoms. The van der Waals surface area contributed by atoms with E-state index in [4.69, 9.17) is 10.7 Å². The van der Waals surface area contributed by atoms with Gasteiger partial charge in [-0.15, -0.1) is 0 Å². The Bertz CT molecular complexity index is 769. The van der Waals surface area contributed by atoms with Gasteiger partial charge < -0.3 is 10.3 Å². The molecule has 96 valence electrons. The van der Waals surface area contributed by atoms with Gasteiger partial charge in [0, 0.05) is 18.3 Å². The summed E-state index contributed by atoms with van der Waals surface area (Å²) >= 11 is 0. The number of benzene rings is 2. The van der Waals surface area contributed by atoms with E-state index in [0.29, 0.717) is 0 Å². The summed E-state index contributed by atoms with van der Waals surface area (Å²) in [4.78, 5) is 4.73. The van der Waals surface area contributed by atoms with Gasteiger partial charge in [0.1, 0.15) is 5.82 Å². The molecule has 2 N–H and O–H groups in total. The Balaban J connectivity index is 2.35. The van der Waals surface area contributed by atoms with Gasteiger partial charge in [-0.3, -0.25) is 0 Å². The van der Waals surface area contributed by atoms with Crippen molar-refractivity contribution >= 4 is 16.7 Å². The highest BCUT2D eigenvalue weighted by Gasteiger charge is 2.13. The van der Waals surface area contributed by atoms with Crippen molar-refractivity contribution in [2.24, 2.45) is 7.05 Å². The predicted octanol–water partition coefficient (Wildman–Crippen LogP) is 3.44. The maximum absolute atomic E-state index is 6.19. The molecule has 19 heavy (non-hydrogen) atoms. The zero-order valence-corrected chi connectivity index (χ0v) is 11.4. The van der Waals surface area contributed by atoms with Crippen molar-refractivity contribution < 1.29 is 0 Å². The van der Waals surface area contributed by atoms with Gasteiger partial charge >= 0.3 is 0 Å². The summed E-state index contributed by atoms with van der Waals surface area (Å²) in [7, 11) is 2.04. The van der Waals surface area contributed by atoms with Crippen LogP contribution in [-0.2, 0) is 7.05 Å². The topological polar surface area (TPSA) is 43.8 Å². The molecule has 3 nitrogen and oxygen atoms in total. The van der Waals surface area contributed by atoms with Crippen molar-refractivity contribution in [2.45, 2.75) is 13.8 Å². The number of para-hydroxylation sites is 2. The molecule has 3 aromatic rings. The Labute approximate surface area is 112 Å². The maximum atomic E-state index is 6.19. The second kappa shape index (κ2) is 4.12. The number of hydrogen-bond donors (Lipinski definition) is 1. The zero-order chi connectivity index (χ0) is 13.6. The molecule has 3 heteroatoms. The first-order valence-corrected chi connectivity index (χ1v) is 6.37. The van der Waals surface area contributed by atoms with Crippen LogP contribution in [0.4, 0.5) is 5.69 Å². The van der Waals surface area contributed by atoms with Gasteiger partial charge in [0.2, 0.25) is 0 Å². The minimum atomic E-state index is 0.804. The number of rotatable bonds is 1. The number of nitrogens with two attached hydrogens (primary N) is 1. The van der Waals surface area contributed by atoms with E-state index in [1.54, 1.807) is 0 Å². The van der Waals surface area contributed by atoms with Crippen LogP contribution in [0.15, 0.2) is 36.4 Å². The molecule has 0 saturated carbocycles. The van der Waals surface area contributed by atoms with Crippen molar-refractivity contribution in [2.75, 3.05) is 5.73 Å². The molecule has 0 unspecified atom stereocenters. The monoisotopic (exact) mass is 251 g/mol. The average molecular weight is 251 g/mol. The first kappa shape index (κ1) is 11.8. The highest BCUT2D eigenvalue weighted by molar-refractivity contribution is 5.86. The maximum Gasteiger partial charge on any atom is 0.142 e. The smallest absolute Gasteiger partial charge is 0.142 e. The van der Waals surface area contributed by atoms with Gasteiger partial charge in [-0.2, -0.15) is 0 Å². The summed E-state index contributed by atoms with van der Waals surface area (Å²) in [6.45, 7) is 4.13. The largest absolute Gasteiger partial charge is 0.398 e. The van der Waals surface area contributed by atoms with Gasteiger partial charge in [0.15, 0.2) is 0 Å². The molecule has 0 aliphatic carbocycles. The van der Waals surface area contributed by atoms with Crippen molar-refractivity contribution in [1.29, 1.82) is 0 Å². The van der Waals surface area contributed by atoms with E-state index < -0.39 is 0 Å². The molecule has 1 heterocycles. The van der Waals surface area contributed by atoms with Crippen molar-refractivity contribution in [1.82, 2.24) is 9.55 Å². The molecular weight excluding hydrogens is 234 g/mol. The van der Waals surface area contributed by atoms with Gasteiger partial charge in [0.25, 0.3) is 0 Å². The lowest BCUT2D eigenvalue weighted by molar-refractivity contribution is 0.955. The lowest BCUT2D eigenvalue weighted by Gasteiger charge is -2.08. The Morgan fingerprint density at radius 2 is 1.68 bits per heavy atom. The van der Waals surface area contributed by atoms with E-state index in [1.807, 2.05) is 44.3 Å². The predicted molar refractivity (Wildman–Crippen MR) is 80.0 cm³/mol. The number of aromatic nitrogens is 2. The quantitative estimate of drug-likeness (QED) is 0.673. The van der Waals surface area contributed by atoms with Crippen LogP contribution in [0.25, 0.3) is 22.4 Å². The summed E-state index contributed by atoms with van der Waals surface area (Å²) in [6, 6.07) is 12.2. The van der Waals surface area contributed by atoms with Gasteiger partial charge in [0.05, 0.1) is 11.0 Å². The molecule has 0 aliphatic rings. The van der Waals surface area contributed by atoms with E-state index in [-0.39, 0.29) is 0 Å². The van der Waals surface area contributed by atoms with Crippen LogP contribution in [0.3, 0.4) is 0 Å². The number of nitrogen functional groups attached to an aromatic ring is 1. The minimum Gasteiger partial charge on any atom is -0.398 e. The van der Waals surface area contributed by atoms with E-state index >= 15 is 0 Å². The molecule has 0 saturated heterocycles. The average Bonchev–Trinajstić information content (AvgIpc) is 2.72. The van der Waals surface area contributed by atoms with E-state index in [0.717, 1.165) is 28.2 Å². The minimum absolute atomic E-state index is 0.804. The van der Waals surface area contributed by atoms with E-state index in [9.17, 15) is 0 Å². The van der Waals surface area contributed by atoms with Crippen molar-refractivity contribution in [3.63, 3.8) is 0 Å². The second-order valence-corrected chi connectivity index (χ2v) is 4.97. The molecular formula is C16H17N3. The van der Waals surface area contributed by atoms with Crippen LogP contribution in [0, 0.1) is 13.8 Å². The fourth-order valence-corrected chi connectivity index (χ4v) is 2.58. The number of imidazole rings is 1. The standard InChI is InChI=1S/C16H17N3/c1-10-6-4-8-12(14(10)17)16-18-13-9-5-7-11(2)15(13)19(16)3/h4-9H,17H2,1-3H3. The summed E-state index contributed by atoms with van der Waals surface area (Å²) in [5, 5.41) is 0. The van der Waals surface area contributed by atoms with Gasteiger partial charge in [-0.05, 0) is 37.1 Å². The number of nitrogens with zero attached hydrogens (tertiary/aromatic N) is 2. The molecule has 1 aromatic heterocycles. The summed E-state index contributed by atoms with van der Waals surface area (Å²) in [6.07, 6.45) is 0. The molecule has 0 aliphatic heterocycles. The van der Waals surface area contributed by atoms with Crippen LogP contribution < -0.4 is 5.73 Å². The van der Waals surface area contributed by atoms with Crippen LogP contribution in [0.5, 0.6) is 0 Å². The highest BCUT2D eigenvalue weighted by atomic mass is 15.1. The third-order valence-corrected chi connectivity index (χ3v) is 3.66. The van der Waals surface area contributed by atoms with Crippen LogP contribution in [-0.4, -0.2) is 9.55 Å². The van der Waals surface area contributed by atoms with Crippen LogP contribution >= 0.6 is 0 Å². The number of hydrogen-bond acceptors (Lipinski definition) is 2.